The number of hydrogen-bond acceptors (Lipinski definition) is 9. The third-order valence-electron chi connectivity index (χ3n) is 23.0. The molecule has 0 N–H and O–H groups in total. The maximum Gasteiger partial charge on any atom is 0.276 e. The van der Waals surface area contributed by atoms with Gasteiger partial charge < -0.3 is 24.5 Å². The highest BCUT2D eigenvalue weighted by atomic mass is 32.2. The molecule has 3 aliphatic carbocycles. The smallest absolute Gasteiger partial charge is 0.276 e. The van der Waals surface area contributed by atoms with Crippen LogP contribution in [0.3, 0.4) is 0 Å². The summed E-state index contributed by atoms with van der Waals surface area (Å²) in [7, 11) is 13.6. The lowest BCUT2D eigenvalue weighted by Gasteiger charge is -2.38. The van der Waals surface area contributed by atoms with Gasteiger partial charge in [-0.15, -0.1) is 0 Å². The molecule has 5 fully saturated rings. The molecule has 0 spiro atoms. The molecule has 5 aromatic rings. The van der Waals surface area contributed by atoms with E-state index in [0.717, 1.165) is 101 Å². The second-order valence-corrected chi connectivity index (χ2v) is 34.5. The number of alkyl halides is 2. The first-order chi connectivity index (χ1) is 47.7. The lowest BCUT2D eigenvalue weighted by molar-refractivity contribution is -0.130. The average molecular weight is 1410 g/mol. The topological polar surface area (TPSA) is 91.0 Å². The van der Waals surface area contributed by atoms with Gasteiger partial charge >= 0.3 is 0 Å². The number of piperazine rings is 1. The van der Waals surface area contributed by atoms with E-state index in [4.69, 9.17) is 0 Å². The number of amides is 1. The lowest BCUT2D eigenvalue weighted by atomic mass is 9.79. The molecule has 1 atom stereocenters. The zero-order chi connectivity index (χ0) is 74.5. The van der Waals surface area contributed by atoms with Gasteiger partial charge in [0.05, 0.1) is 4.90 Å². The van der Waals surface area contributed by atoms with Gasteiger partial charge in [-0.2, -0.15) is 4.31 Å². The number of hydrogen-bond donors (Lipinski definition) is 0. The van der Waals surface area contributed by atoms with E-state index in [9.17, 15) is 26.8 Å². The summed E-state index contributed by atoms with van der Waals surface area (Å²) in [6, 6.07) is 43.6. The van der Waals surface area contributed by atoms with Gasteiger partial charge in [-0.1, -0.05) is 178 Å². The van der Waals surface area contributed by atoms with Crippen LogP contribution in [-0.4, -0.2) is 174 Å². The van der Waals surface area contributed by atoms with Crippen LogP contribution in [0.5, 0.6) is 0 Å². The third kappa shape index (κ3) is 25.5. The Labute approximate surface area is 613 Å². The van der Waals surface area contributed by atoms with Crippen LogP contribution in [0.4, 0.5) is 8.78 Å². The van der Waals surface area contributed by atoms with Crippen LogP contribution in [-0.2, 0) is 27.2 Å². The highest BCUT2D eigenvalue weighted by Crippen LogP contribution is 2.45. The summed E-state index contributed by atoms with van der Waals surface area (Å²) < 4.78 is 56.3. The maximum atomic E-state index is 14.7. The fourth-order valence-electron chi connectivity index (χ4n) is 15.2. The van der Waals surface area contributed by atoms with Crippen molar-refractivity contribution in [3.8, 4) is 0 Å². The Morgan fingerprint density at radius 2 is 0.762 bits per heavy atom. The largest absolute Gasteiger partial charge is 0.340 e. The molecule has 1 unspecified atom stereocenters. The van der Waals surface area contributed by atoms with Gasteiger partial charge in [0.15, 0.2) is 5.78 Å². The predicted molar refractivity (Wildman–Crippen MR) is 421 cm³/mol. The van der Waals surface area contributed by atoms with Crippen LogP contribution < -0.4 is 0 Å². The molecule has 3 saturated carbocycles. The van der Waals surface area contributed by atoms with E-state index in [-0.39, 0.29) is 17.4 Å². The van der Waals surface area contributed by atoms with E-state index in [1.54, 1.807) is 35.5 Å². The Kier molecular flexibility index (Phi) is 33.9. The van der Waals surface area contributed by atoms with Crippen LogP contribution >= 0.6 is 0 Å². The molecular formula is C87H135F2N7O4S. The Hall–Kier alpha value is -5.19. The first kappa shape index (κ1) is 84.7. The second kappa shape index (κ2) is 40.3. The van der Waals surface area contributed by atoms with Gasteiger partial charge in [0.25, 0.3) is 5.92 Å². The number of Topliss-reactive ketones (excluding diaryl/α,β-unsaturated/α-hetero) is 1. The predicted octanol–water partition coefficient (Wildman–Crippen LogP) is 19.2. The van der Waals surface area contributed by atoms with Crippen LogP contribution in [0.1, 0.15) is 263 Å². The molecule has 101 heavy (non-hydrogen) atoms. The molecule has 1 amide bonds. The van der Waals surface area contributed by atoms with E-state index in [0.29, 0.717) is 90.4 Å². The molecule has 562 valence electrons. The minimum atomic E-state index is -3.34. The summed E-state index contributed by atoms with van der Waals surface area (Å²) in [5, 5.41) is 0. The lowest BCUT2D eigenvalue weighted by Crippen LogP contribution is -2.48. The fourth-order valence-corrected chi connectivity index (χ4v) is 16.7. The summed E-state index contributed by atoms with van der Waals surface area (Å²) in [5.41, 5.74) is 10.4. The second-order valence-electron chi connectivity index (χ2n) is 32.6. The molecule has 2 saturated heterocycles. The van der Waals surface area contributed by atoms with E-state index in [1.165, 1.54) is 65.5 Å². The van der Waals surface area contributed by atoms with E-state index in [1.807, 2.05) is 55.4 Å². The highest BCUT2D eigenvalue weighted by molar-refractivity contribution is 7.89. The Morgan fingerprint density at radius 1 is 0.426 bits per heavy atom. The molecule has 2 aliphatic heterocycles. The standard InChI is InChI=1S/C18H27F2N.C18H27NO.C18H29N.C17H26N2O.C16H26N2O2S/c1-13(2)14-5-7-15(8-6-14)18(19,20)16-9-11-17(12-10-16)21(3)4;1-13(2)14-5-7-15(8-6-14)18(20)16-9-11-17(12-10-16)19(3)4;1-14(2)17-9-5-15(6-10-17)13-16-7-11-18(12-8-16)19(3)4;1-13(2)16-5-7-17(8-6-16)14(3)18-9-11-19(12-10-18)15(4)20;1-13(2)14-5-7-16(8-6-14)21(19,20)18-11-9-15(10-12-18)17(3)4/h5-8,13,16-17H,9-12H2,1-4H3;5-8,13,16-17H,9-12H2,1-4H3;5-6,9-10,14,16,18H,7-8,11-13H2,1-4H3;5-8,13-14H,9-12H2,1-4H3;5-8,13,15H,9-12H2,1-4H3. The van der Waals surface area contributed by atoms with Gasteiger partial charge in [0.1, 0.15) is 0 Å². The van der Waals surface area contributed by atoms with Crippen molar-refractivity contribution in [3.05, 3.63) is 171 Å². The fraction of sp³-hybridized carbons (Fsp3) is 0.632. The van der Waals surface area contributed by atoms with Crippen molar-refractivity contribution >= 4 is 21.7 Å². The zero-order valence-electron chi connectivity index (χ0n) is 66.3. The van der Waals surface area contributed by atoms with Gasteiger partial charge in [0.2, 0.25) is 15.9 Å². The number of carbonyl (C=O) groups is 2. The highest BCUT2D eigenvalue weighted by Gasteiger charge is 2.43. The van der Waals surface area contributed by atoms with Crippen molar-refractivity contribution in [1.29, 1.82) is 0 Å². The van der Waals surface area contributed by atoms with Crippen LogP contribution in [0.25, 0.3) is 0 Å². The molecule has 10 rings (SSSR count). The van der Waals surface area contributed by atoms with Crippen molar-refractivity contribution in [2.24, 2.45) is 17.8 Å². The van der Waals surface area contributed by atoms with Gasteiger partial charge in [-0.25, -0.2) is 17.2 Å². The van der Waals surface area contributed by atoms with E-state index in [2.05, 4.69) is 204 Å². The van der Waals surface area contributed by atoms with Gasteiger partial charge in [-0.05, 0) is 246 Å². The average Bonchev–Trinajstić information content (AvgIpc) is 0.807. The summed E-state index contributed by atoms with van der Waals surface area (Å²) >= 11 is 0. The minimum absolute atomic E-state index is 0.181. The van der Waals surface area contributed by atoms with Crippen molar-refractivity contribution in [2.75, 3.05) is 95.6 Å². The number of piperidine rings is 1. The normalized spacial score (nSPS) is 21.6. The van der Waals surface area contributed by atoms with Crippen LogP contribution in [0.15, 0.2) is 126 Å². The van der Waals surface area contributed by atoms with Crippen molar-refractivity contribution in [2.45, 2.75) is 250 Å². The maximum absolute atomic E-state index is 14.7. The van der Waals surface area contributed by atoms with E-state index >= 15 is 0 Å². The third-order valence-corrected chi connectivity index (χ3v) is 24.9. The molecule has 0 aromatic heterocycles. The first-order valence-corrected chi connectivity index (χ1v) is 40.2. The number of halogens is 2. The molecular weight excluding hydrogens is 1280 g/mol. The number of ketones is 1. The molecule has 5 aromatic carbocycles. The first-order valence-electron chi connectivity index (χ1n) is 38.7. The molecule has 14 heteroatoms. The van der Waals surface area contributed by atoms with Crippen molar-refractivity contribution < 1.29 is 26.8 Å². The number of sulfonamides is 1. The summed E-state index contributed by atoms with van der Waals surface area (Å²) in [4.78, 5) is 37.7. The molecule has 2 heterocycles. The Bertz CT molecular complexity index is 3290. The number of nitrogens with zero attached hydrogens (tertiary/aromatic N) is 7. The van der Waals surface area contributed by atoms with Gasteiger partial charge in [-0.3, -0.25) is 14.5 Å². The summed E-state index contributed by atoms with van der Waals surface area (Å²) in [5.74, 6) is 0.998. The molecule has 5 aliphatic rings. The number of benzene rings is 5. The monoisotopic (exact) mass is 1410 g/mol. The van der Waals surface area contributed by atoms with Crippen molar-refractivity contribution in [3.63, 3.8) is 0 Å². The minimum Gasteiger partial charge on any atom is -0.340 e. The number of rotatable bonds is 19. The Balaban J connectivity index is 0.000000199. The van der Waals surface area contributed by atoms with E-state index < -0.39 is 21.9 Å². The summed E-state index contributed by atoms with van der Waals surface area (Å²) in [6.07, 6.45) is 16.0. The van der Waals surface area contributed by atoms with Crippen molar-refractivity contribution in [1.82, 2.24) is 33.7 Å². The SMILES string of the molecule is CC(=O)N1CCN(C(C)c2ccc(C(C)C)cc2)CC1.CC(C)c1ccc(C(=O)C2CCC(N(C)C)CC2)cc1.CC(C)c1ccc(C(F)(F)C2CCC(N(C)C)CC2)cc1.CC(C)c1ccc(CC2CCC(N(C)C)CC2)cc1.CC(C)c1ccc(S(=O)(=O)N2CCC(N(C)C)CC2)cc1. The molecule has 11 nitrogen and oxygen atoms in total. The number of carbonyl (C=O) groups excluding carboxylic acids is 2. The quantitative estimate of drug-likeness (QED) is 0.0750. The van der Waals surface area contributed by atoms with Crippen LogP contribution in [0.2, 0.25) is 0 Å². The Morgan fingerprint density at radius 3 is 1.15 bits per heavy atom. The molecule has 0 bridgehead atoms. The summed E-state index contributed by atoms with van der Waals surface area (Å²) in [6.45, 7) is 30.5. The van der Waals surface area contributed by atoms with Gasteiger partial charge in [0, 0.05) is 99.4 Å². The van der Waals surface area contributed by atoms with Crippen LogP contribution in [0, 0.1) is 17.8 Å². The molecule has 0 radical (unpaired) electrons. The zero-order valence-corrected chi connectivity index (χ0v) is 67.1.